The maximum absolute atomic E-state index is 8.98. The summed E-state index contributed by atoms with van der Waals surface area (Å²) in [6, 6.07) is 20.0. The van der Waals surface area contributed by atoms with E-state index in [9.17, 15) is 0 Å². The monoisotopic (exact) mass is 692 g/mol. The Hall–Kier alpha value is -1.52. The van der Waals surface area contributed by atoms with Gasteiger partial charge in [-0.15, -0.1) is 23.5 Å². The molecule has 2 aliphatic heterocycles. The van der Waals surface area contributed by atoms with E-state index in [1.165, 1.54) is 102 Å². The number of hydrogen-bond donors (Lipinski definition) is 0. The first-order valence-corrected chi connectivity index (χ1v) is 20.6. The Balaban J connectivity index is 0.955. The summed E-state index contributed by atoms with van der Waals surface area (Å²) in [6.45, 7) is 4.47. The lowest BCUT2D eigenvalue weighted by Gasteiger charge is -2.05. The Morgan fingerprint density at radius 3 is 1.20 bits per heavy atom. The molecule has 0 fully saturated rings. The third-order valence-electron chi connectivity index (χ3n) is 7.12. The summed E-state index contributed by atoms with van der Waals surface area (Å²) in [6.07, 6.45) is 18.0. The van der Waals surface area contributed by atoms with Crippen LogP contribution in [-0.2, 0) is 0 Å². The van der Waals surface area contributed by atoms with Gasteiger partial charge in [0.05, 0.1) is 40.2 Å². The maximum atomic E-state index is 8.98. The van der Waals surface area contributed by atoms with Crippen LogP contribution in [0.5, 0.6) is 0 Å². The van der Waals surface area contributed by atoms with Gasteiger partial charge in [-0.1, -0.05) is 123 Å². The van der Waals surface area contributed by atoms with Gasteiger partial charge in [0.1, 0.15) is 0 Å². The number of benzene rings is 2. The smallest absolute Gasteiger partial charge is 0.0991 e. The van der Waals surface area contributed by atoms with Gasteiger partial charge in [0.25, 0.3) is 0 Å². The standard InChI is InChI=1S/C36H40N2S6/c1-27-35(43-33(41-27)23-29-13-17-31(25-37)18-14-29)39-21-11-9-7-5-3-4-6-8-10-12-22-40-36-28(2)42-34(44-36)24-30-15-19-32(26-38)20-16-30/h13-20,23-24H,3-12,21-22H2,1-2H3/b33-23-,34-24+. The molecule has 0 amide bonds. The van der Waals surface area contributed by atoms with E-state index in [0.717, 1.165) is 11.1 Å². The second-order valence-corrected chi connectivity index (χ2v) is 18.6. The number of nitrogens with zero attached hydrogens (tertiary/aromatic N) is 2. The fraction of sp³-hybridized carbons (Fsp3) is 0.389. The zero-order valence-electron chi connectivity index (χ0n) is 25.6. The average Bonchev–Trinajstić information content (AvgIpc) is 3.57. The molecule has 2 aliphatic rings. The largest absolute Gasteiger partial charge is 0.192 e. The number of thioether (sulfide) groups is 6. The van der Waals surface area contributed by atoms with Crippen molar-refractivity contribution in [3.63, 3.8) is 0 Å². The lowest BCUT2D eigenvalue weighted by Crippen LogP contribution is -1.85. The summed E-state index contributed by atoms with van der Waals surface area (Å²) < 4.78 is 5.58. The number of rotatable bonds is 17. The molecule has 8 heteroatoms. The van der Waals surface area contributed by atoms with Crippen molar-refractivity contribution < 1.29 is 0 Å². The van der Waals surface area contributed by atoms with Crippen molar-refractivity contribution in [3.05, 3.63) is 97.5 Å². The molecule has 44 heavy (non-hydrogen) atoms. The number of unbranched alkanes of at least 4 members (excludes halogenated alkanes) is 9. The number of nitriles is 2. The van der Waals surface area contributed by atoms with Gasteiger partial charge >= 0.3 is 0 Å². The molecule has 0 spiro atoms. The third-order valence-corrected chi connectivity index (χ3v) is 15.2. The lowest BCUT2D eigenvalue weighted by molar-refractivity contribution is 0.564. The zero-order valence-corrected chi connectivity index (χ0v) is 30.5. The molecule has 0 atom stereocenters. The predicted octanol–water partition coefficient (Wildman–Crippen LogP) is 13.4. The van der Waals surface area contributed by atoms with E-state index in [1.807, 2.05) is 119 Å². The van der Waals surface area contributed by atoms with E-state index in [2.05, 4.69) is 38.1 Å². The fourth-order valence-electron chi connectivity index (χ4n) is 4.66. The molecule has 0 saturated heterocycles. The van der Waals surface area contributed by atoms with Crippen LogP contribution in [0.2, 0.25) is 0 Å². The SMILES string of the molecule is CC1=C(SCCCCCCCCCCCCSC2=C(C)S/C(=C\c3ccc(C#N)cc3)S2)S/C(=C\c2ccc(C#N)cc2)S1. The highest BCUT2D eigenvalue weighted by Gasteiger charge is 2.19. The Bertz CT molecular complexity index is 1330. The fourth-order valence-corrected chi connectivity index (χ4v) is 12.9. The highest BCUT2D eigenvalue weighted by Crippen LogP contribution is 2.54. The topological polar surface area (TPSA) is 47.6 Å². The summed E-state index contributed by atoms with van der Waals surface area (Å²) >= 11 is 11.6. The molecule has 0 aromatic heterocycles. The lowest BCUT2D eigenvalue weighted by atomic mass is 10.1. The van der Waals surface area contributed by atoms with Crippen LogP contribution >= 0.6 is 70.6 Å². The van der Waals surface area contributed by atoms with Crippen LogP contribution in [0.15, 0.2) is 75.3 Å². The van der Waals surface area contributed by atoms with Crippen molar-refractivity contribution in [2.24, 2.45) is 0 Å². The molecule has 230 valence electrons. The first-order chi connectivity index (χ1) is 21.5. The minimum Gasteiger partial charge on any atom is -0.192 e. The van der Waals surface area contributed by atoms with Crippen LogP contribution in [0, 0.1) is 22.7 Å². The van der Waals surface area contributed by atoms with Crippen LogP contribution in [0.3, 0.4) is 0 Å². The van der Waals surface area contributed by atoms with Crippen molar-refractivity contribution in [2.75, 3.05) is 11.5 Å². The molecule has 0 N–H and O–H groups in total. The average molecular weight is 693 g/mol. The van der Waals surface area contributed by atoms with Crippen molar-refractivity contribution in [1.29, 1.82) is 10.5 Å². The minimum absolute atomic E-state index is 0.711. The molecule has 0 saturated carbocycles. The van der Waals surface area contributed by atoms with E-state index in [0.29, 0.717) is 11.1 Å². The Morgan fingerprint density at radius 2 is 0.864 bits per heavy atom. The van der Waals surface area contributed by atoms with Crippen molar-refractivity contribution in [2.45, 2.75) is 78.1 Å². The Labute approximate surface area is 290 Å². The molecule has 2 nitrogen and oxygen atoms in total. The summed E-state index contributed by atoms with van der Waals surface area (Å²) in [7, 11) is 0. The van der Waals surface area contributed by atoms with Gasteiger partial charge in [0, 0.05) is 9.81 Å². The highest BCUT2D eigenvalue weighted by molar-refractivity contribution is 8.36. The minimum atomic E-state index is 0.711. The normalized spacial score (nSPS) is 16.7. The van der Waals surface area contributed by atoms with Crippen LogP contribution in [0.4, 0.5) is 0 Å². The maximum Gasteiger partial charge on any atom is 0.0991 e. The molecular weight excluding hydrogens is 653 g/mol. The summed E-state index contributed by atoms with van der Waals surface area (Å²) in [5.41, 5.74) is 3.74. The highest BCUT2D eigenvalue weighted by atomic mass is 32.2. The van der Waals surface area contributed by atoms with Gasteiger partial charge in [-0.2, -0.15) is 10.5 Å². The van der Waals surface area contributed by atoms with Crippen molar-refractivity contribution in [1.82, 2.24) is 0 Å². The molecule has 0 bridgehead atoms. The van der Waals surface area contributed by atoms with Gasteiger partial charge in [-0.05, 0) is 85.7 Å². The summed E-state index contributed by atoms with van der Waals surface area (Å²) in [4.78, 5) is 2.84. The van der Waals surface area contributed by atoms with Gasteiger partial charge in [-0.3, -0.25) is 0 Å². The molecule has 0 aliphatic carbocycles. The predicted molar refractivity (Wildman–Crippen MR) is 205 cm³/mol. The molecule has 2 aromatic rings. The van der Waals surface area contributed by atoms with Gasteiger partial charge in [0.15, 0.2) is 0 Å². The molecule has 0 radical (unpaired) electrons. The van der Waals surface area contributed by atoms with E-state index >= 15 is 0 Å². The Kier molecular flexibility index (Phi) is 16.0. The molecular formula is C36H40N2S6. The van der Waals surface area contributed by atoms with Gasteiger partial charge in [-0.25, -0.2) is 0 Å². The van der Waals surface area contributed by atoms with Gasteiger partial charge < -0.3 is 0 Å². The second kappa shape index (κ2) is 19.9. The van der Waals surface area contributed by atoms with E-state index in [4.69, 9.17) is 10.5 Å². The third kappa shape index (κ3) is 12.3. The Morgan fingerprint density at radius 1 is 0.523 bits per heavy atom. The van der Waals surface area contributed by atoms with Crippen molar-refractivity contribution in [3.8, 4) is 12.1 Å². The molecule has 0 unspecified atom stereocenters. The van der Waals surface area contributed by atoms with E-state index in [-0.39, 0.29) is 0 Å². The molecule has 2 heterocycles. The van der Waals surface area contributed by atoms with Gasteiger partial charge in [0.2, 0.25) is 0 Å². The van der Waals surface area contributed by atoms with Crippen molar-refractivity contribution >= 4 is 82.7 Å². The number of hydrogen-bond acceptors (Lipinski definition) is 8. The summed E-state index contributed by atoms with van der Waals surface area (Å²) in [5.74, 6) is 2.43. The molecule has 4 rings (SSSR count). The summed E-state index contributed by atoms with van der Waals surface area (Å²) in [5, 5.41) is 18.0. The first-order valence-electron chi connectivity index (χ1n) is 15.4. The van der Waals surface area contributed by atoms with E-state index in [1.54, 1.807) is 0 Å². The van der Waals surface area contributed by atoms with Crippen LogP contribution in [-0.4, -0.2) is 11.5 Å². The van der Waals surface area contributed by atoms with E-state index < -0.39 is 0 Å². The van der Waals surface area contributed by atoms with Crippen LogP contribution in [0.25, 0.3) is 12.2 Å². The van der Waals surface area contributed by atoms with Crippen LogP contribution in [0.1, 0.15) is 100 Å². The zero-order chi connectivity index (χ0) is 31.0. The first kappa shape index (κ1) is 35.3. The molecule has 2 aromatic carbocycles. The second-order valence-electron chi connectivity index (χ2n) is 10.7. The van der Waals surface area contributed by atoms with Crippen LogP contribution < -0.4 is 0 Å². The number of allylic oxidation sites excluding steroid dienone is 2. The quantitative estimate of drug-likeness (QED) is 0.152.